The first-order chi connectivity index (χ1) is 11.0. The second kappa shape index (κ2) is 8.31. The fourth-order valence-electron chi connectivity index (χ4n) is 2.29. The van der Waals surface area contributed by atoms with Gasteiger partial charge in [0.2, 0.25) is 5.91 Å². The normalized spacial score (nSPS) is 16.3. The number of anilines is 1. The van der Waals surface area contributed by atoms with Crippen molar-refractivity contribution in [2.75, 3.05) is 24.2 Å². The lowest BCUT2D eigenvalue weighted by molar-refractivity contribution is -0.116. The number of nitrogens with one attached hydrogen (secondary N) is 1. The summed E-state index contributed by atoms with van der Waals surface area (Å²) in [6, 6.07) is 8.85. The third kappa shape index (κ3) is 5.22. The average Bonchev–Trinajstić information content (AvgIpc) is 3.15. The number of carbonyl (C=O) groups is 1. The second-order valence-corrected chi connectivity index (χ2v) is 7.22. The molecule has 0 aromatic heterocycles. The van der Waals surface area contributed by atoms with Crippen molar-refractivity contribution in [1.82, 2.24) is 5.32 Å². The summed E-state index contributed by atoms with van der Waals surface area (Å²) in [5.74, 6) is 0.522. The van der Waals surface area contributed by atoms with Crippen LogP contribution in [0.2, 0.25) is 0 Å². The van der Waals surface area contributed by atoms with Crippen molar-refractivity contribution in [1.29, 1.82) is 0 Å². The van der Waals surface area contributed by atoms with E-state index in [0.29, 0.717) is 10.1 Å². The molecule has 1 fully saturated rings. The molecule has 1 aromatic carbocycles. The predicted molar refractivity (Wildman–Crippen MR) is 105 cm³/mol. The number of thioether (sulfide) groups is 1. The number of hydrogen-bond donors (Lipinski definition) is 1. The van der Waals surface area contributed by atoms with Crippen LogP contribution in [0.15, 0.2) is 42.0 Å². The van der Waals surface area contributed by atoms with E-state index < -0.39 is 0 Å². The Labute approximate surface area is 147 Å². The summed E-state index contributed by atoms with van der Waals surface area (Å²) >= 11 is 6.00. The number of rotatable bonds is 3. The van der Waals surface area contributed by atoms with Crippen molar-refractivity contribution in [3.05, 3.63) is 47.6 Å². The average molecular weight is 347 g/mol. The quantitative estimate of drug-likeness (QED) is 0.838. The van der Waals surface area contributed by atoms with Crippen LogP contribution in [0.1, 0.15) is 25.8 Å². The van der Waals surface area contributed by atoms with Crippen LogP contribution in [-0.2, 0) is 4.79 Å². The van der Waals surface area contributed by atoms with Gasteiger partial charge in [-0.05, 0) is 43.5 Å². The fraction of sp³-hybridized carbons (Fsp3) is 0.333. The molecule has 122 valence electrons. The highest BCUT2D eigenvalue weighted by molar-refractivity contribution is 8.24. The fourth-order valence-corrected chi connectivity index (χ4v) is 3.10. The van der Waals surface area contributed by atoms with E-state index in [1.165, 1.54) is 34.2 Å². The number of benzene rings is 1. The molecule has 0 atom stereocenters. The van der Waals surface area contributed by atoms with Gasteiger partial charge in [0, 0.05) is 19.3 Å². The van der Waals surface area contributed by atoms with Crippen molar-refractivity contribution < 1.29 is 4.79 Å². The molecule has 1 aromatic rings. The molecule has 0 saturated carbocycles. The zero-order valence-corrected chi connectivity index (χ0v) is 15.4. The number of amides is 1. The monoisotopic (exact) mass is 346 g/mol. The molecule has 1 heterocycles. The standard InChI is InChI=1S/C15H19N.C3H3NOS2/c1-4-16(3)15-9-7-13(8-10-15)14-6-5-12(2)11-14;5-2-1-7-3(6)4-2/h5-10H,4,11H2,1-3H3;1H2,(H,4,5,6). The Morgan fingerprint density at radius 3 is 2.35 bits per heavy atom. The topological polar surface area (TPSA) is 32.3 Å². The van der Waals surface area contributed by atoms with E-state index in [1.54, 1.807) is 0 Å². The Hall–Kier alpha value is -1.59. The first-order valence-corrected chi connectivity index (χ1v) is 9.03. The van der Waals surface area contributed by atoms with Gasteiger partial charge in [-0.2, -0.15) is 0 Å². The van der Waals surface area contributed by atoms with Crippen molar-refractivity contribution in [2.24, 2.45) is 0 Å². The van der Waals surface area contributed by atoms with E-state index in [-0.39, 0.29) is 5.91 Å². The van der Waals surface area contributed by atoms with Crippen LogP contribution in [0, 0.1) is 0 Å². The number of nitrogens with zero attached hydrogens (tertiary/aromatic N) is 1. The van der Waals surface area contributed by atoms with Gasteiger partial charge in [0.25, 0.3) is 0 Å². The van der Waals surface area contributed by atoms with Gasteiger partial charge >= 0.3 is 0 Å². The van der Waals surface area contributed by atoms with Crippen molar-refractivity contribution in [3.8, 4) is 0 Å². The summed E-state index contributed by atoms with van der Waals surface area (Å²) in [6.07, 6.45) is 5.54. The maximum atomic E-state index is 10.2. The number of carbonyl (C=O) groups excluding carboxylic acids is 1. The lowest BCUT2D eigenvalue weighted by atomic mass is 10.0. The van der Waals surface area contributed by atoms with Gasteiger partial charge in [-0.1, -0.05) is 53.8 Å². The minimum atomic E-state index is 0.0231. The summed E-state index contributed by atoms with van der Waals surface area (Å²) in [7, 11) is 2.12. The van der Waals surface area contributed by atoms with E-state index >= 15 is 0 Å². The van der Waals surface area contributed by atoms with Gasteiger partial charge < -0.3 is 10.2 Å². The second-order valence-electron chi connectivity index (χ2n) is 5.57. The Balaban J connectivity index is 0.000000229. The molecule has 0 radical (unpaired) electrons. The third-order valence-electron chi connectivity index (χ3n) is 3.77. The molecule has 1 aliphatic carbocycles. The van der Waals surface area contributed by atoms with E-state index in [2.05, 4.69) is 79.7 Å². The molecule has 3 rings (SSSR count). The Morgan fingerprint density at radius 1 is 1.26 bits per heavy atom. The summed E-state index contributed by atoms with van der Waals surface area (Å²) in [5, 5.41) is 2.47. The Kier molecular flexibility index (Phi) is 6.42. The molecule has 2 aliphatic rings. The molecule has 0 spiro atoms. The number of hydrogen-bond acceptors (Lipinski definition) is 4. The number of thiocarbonyl (C=S) groups is 1. The molecule has 1 aliphatic heterocycles. The summed E-state index contributed by atoms with van der Waals surface area (Å²) in [6.45, 7) is 5.39. The Bertz CT molecular complexity index is 633. The largest absolute Gasteiger partial charge is 0.375 e. The summed E-state index contributed by atoms with van der Waals surface area (Å²) in [4.78, 5) is 12.5. The van der Waals surface area contributed by atoms with E-state index in [9.17, 15) is 4.79 Å². The van der Waals surface area contributed by atoms with Crippen LogP contribution >= 0.6 is 24.0 Å². The number of allylic oxidation sites excluding steroid dienone is 4. The summed E-state index contributed by atoms with van der Waals surface area (Å²) in [5.41, 5.74) is 5.52. The third-order valence-corrected chi connectivity index (χ3v) is 4.99. The van der Waals surface area contributed by atoms with Gasteiger partial charge in [0.05, 0.1) is 5.75 Å². The smallest absolute Gasteiger partial charge is 0.235 e. The van der Waals surface area contributed by atoms with Gasteiger partial charge in [-0.3, -0.25) is 4.79 Å². The minimum Gasteiger partial charge on any atom is -0.375 e. The molecular weight excluding hydrogens is 324 g/mol. The van der Waals surface area contributed by atoms with Crippen LogP contribution in [0.5, 0.6) is 0 Å². The molecule has 23 heavy (non-hydrogen) atoms. The molecule has 1 saturated heterocycles. The van der Waals surface area contributed by atoms with Crippen molar-refractivity contribution in [2.45, 2.75) is 20.3 Å². The van der Waals surface area contributed by atoms with Gasteiger partial charge in [0.15, 0.2) is 0 Å². The molecule has 0 bridgehead atoms. The molecule has 1 N–H and O–H groups in total. The molecule has 0 unspecified atom stereocenters. The van der Waals surface area contributed by atoms with Crippen LogP contribution in [0.3, 0.4) is 0 Å². The van der Waals surface area contributed by atoms with E-state index in [4.69, 9.17) is 0 Å². The SMILES string of the molecule is CCN(C)c1ccc(C2=CC=C(C)C2)cc1.O=C1CSC(=S)N1. The van der Waals surface area contributed by atoms with E-state index in [1.807, 2.05) is 0 Å². The maximum absolute atomic E-state index is 10.2. The van der Waals surface area contributed by atoms with Crippen LogP contribution in [0.25, 0.3) is 5.57 Å². The molecule has 1 amide bonds. The lowest BCUT2D eigenvalue weighted by Gasteiger charge is -2.17. The highest BCUT2D eigenvalue weighted by atomic mass is 32.2. The van der Waals surface area contributed by atoms with Gasteiger partial charge in [-0.25, -0.2) is 0 Å². The molecular formula is C18H22N2OS2. The lowest BCUT2D eigenvalue weighted by Crippen LogP contribution is -2.18. The first-order valence-electron chi connectivity index (χ1n) is 7.64. The van der Waals surface area contributed by atoms with Crippen LogP contribution < -0.4 is 10.2 Å². The maximum Gasteiger partial charge on any atom is 0.235 e. The predicted octanol–water partition coefficient (Wildman–Crippen LogP) is 4.01. The minimum absolute atomic E-state index is 0.0231. The zero-order valence-electron chi connectivity index (χ0n) is 13.8. The Morgan fingerprint density at radius 2 is 1.96 bits per heavy atom. The van der Waals surface area contributed by atoms with Gasteiger partial charge in [0.1, 0.15) is 4.32 Å². The zero-order chi connectivity index (χ0) is 16.8. The van der Waals surface area contributed by atoms with Crippen molar-refractivity contribution >= 4 is 45.5 Å². The van der Waals surface area contributed by atoms with E-state index in [0.717, 1.165) is 13.0 Å². The van der Waals surface area contributed by atoms with Crippen LogP contribution in [-0.4, -0.2) is 29.6 Å². The van der Waals surface area contributed by atoms with Crippen LogP contribution in [0.4, 0.5) is 5.69 Å². The first kappa shape index (κ1) is 17.8. The van der Waals surface area contributed by atoms with Gasteiger partial charge in [-0.15, -0.1) is 0 Å². The van der Waals surface area contributed by atoms with Crippen molar-refractivity contribution in [3.63, 3.8) is 0 Å². The highest BCUT2D eigenvalue weighted by Crippen LogP contribution is 2.28. The molecule has 5 heteroatoms. The molecule has 3 nitrogen and oxygen atoms in total. The summed E-state index contributed by atoms with van der Waals surface area (Å²) < 4.78 is 0.602. The highest BCUT2D eigenvalue weighted by Gasteiger charge is 2.13.